The van der Waals surface area contributed by atoms with Crippen molar-refractivity contribution in [1.29, 1.82) is 0 Å². The number of aliphatic carboxylic acids is 1. The van der Waals surface area contributed by atoms with Gasteiger partial charge in [-0.05, 0) is 31.5 Å². The molecule has 2 heterocycles. The number of carboxylic acid groups (broad SMARTS) is 1. The lowest BCUT2D eigenvalue weighted by Gasteiger charge is -2.19. The number of benzene rings is 1. The van der Waals surface area contributed by atoms with Crippen LogP contribution in [-0.2, 0) is 4.79 Å². The second-order valence-corrected chi connectivity index (χ2v) is 6.92. The predicted octanol–water partition coefficient (Wildman–Crippen LogP) is 3.18. The summed E-state index contributed by atoms with van der Waals surface area (Å²) in [5, 5.41) is 9.23. The Labute approximate surface area is 145 Å². The van der Waals surface area contributed by atoms with Crippen LogP contribution >= 0.6 is 15.9 Å². The molecule has 1 saturated heterocycles. The summed E-state index contributed by atoms with van der Waals surface area (Å²) in [6.45, 7) is 2.04. The number of rotatable bonds is 3. The fourth-order valence-corrected chi connectivity index (χ4v) is 2.96. The zero-order chi connectivity index (χ0) is 17.5. The molecule has 0 aliphatic carbocycles. The zero-order valence-corrected chi connectivity index (χ0v) is 14.3. The predicted molar refractivity (Wildman–Crippen MR) is 85.9 cm³/mol. The van der Waals surface area contributed by atoms with Crippen LogP contribution in [0.5, 0.6) is 0 Å². The van der Waals surface area contributed by atoms with E-state index in [1.54, 1.807) is 13.0 Å². The minimum Gasteiger partial charge on any atom is -0.481 e. The molecular formula is C16H14BrFN2O4. The molecule has 3 rings (SSSR count). The van der Waals surface area contributed by atoms with Gasteiger partial charge in [0.25, 0.3) is 5.91 Å². The van der Waals surface area contributed by atoms with Crippen molar-refractivity contribution < 1.29 is 23.5 Å². The lowest BCUT2D eigenvalue weighted by molar-refractivity contribution is -0.147. The summed E-state index contributed by atoms with van der Waals surface area (Å²) in [4.78, 5) is 29.2. The number of carbonyl (C=O) groups excluding carboxylic acids is 1. The molecule has 126 valence electrons. The third kappa shape index (κ3) is 2.93. The second-order valence-electron chi connectivity index (χ2n) is 6.00. The van der Waals surface area contributed by atoms with E-state index >= 15 is 0 Å². The maximum absolute atomic E-state index is 13.9. The Morgan fingerprint density at radius 2 is 2.21 bits per heavy atom. The van der Waals surface area contributed by atoms with Gasteiger partial charge in [0, 0.05) is 17.6 Å². The van der Waals surface area contributed by atoms with Crippen molar-refractivity contribution in [2.24, 2.45) is 5.41 Å². The highest BCUT2D eigenvalue weighted by atomic mass is 79.9. The normalized spacial score (nSPS) is 20.4. The van der Waals surface area contributed by atoms with Gasteiger partial charge < -0.3 is 14.4 Å². The van der Waals surface area contributed by atoms with Crippen LogP contribution in [0.1, 0.15) is 23.8 Å². The van der Waals surface area contributed by atoms with E-state index in [0.29, 0.717) is 17.4 Å². The van der Waals surface area contributed by atoms with Crippen LogP contribution in [0.3, 0.4) is 0 Å². The number of nitrogens with zero attached hydrogens (tertiary/aromatic N) is 2. The average Bonchev–Trinajstić information content (AvgIpc) is 3.14. The maximum Gasteiger partial charge on any atom is 0.311 e. The topological polar surface area (TPSA) is 83.6 Å². The molecule has 1 aliphatic heterocycles. The Balaban J connectivity index is 1.81. The van der Waals surface area contributed by atoms with E-state index in [1.807, 2.05) is 0 Å². The van der Waals surface area contributed by atoms with Gasteiger partial charge in [-0.25, -0.2) is 9.37 Å². The Morgan fingerprint density at radius 1 is 1.46 bits per heavy atom. The fourth-order valence-electron chi connectivity index (χ4n) is 2.63. The van der Waals surface area contributed by atoms with Crippen LogP contribution in [0.4, 0.5) is 4.39 Å². The Morgan fingerprint density at radius 3 is 2.83 bits per heavy atom. The van der Waals surface area contributed by atoms with E-state index in [2.05, 4.69) is 20.9 Å². The smallest absolute Gasteiger partial charge is 0.311 e. The van der Waals surface area contributed by atoms with Crippen LogP contribution in [0.15, 0.2) is 33.4 Å². The van der Waals surface area contributed by atoms with Gasteiger partial charge >= 0.3 is 5.97 Å². The summed E-state index contributed by atoms with van der Waals surface area (Å²) < 4.78 is 19.7. The summed E-state index contributed by atoms with van der Waals surface area (Å²) in [6, 6.07) is 4.42. The second kappa shape index (κ2) is 6.01. The van der Waals surface area contributed by atoms with E-state index in [-0.39, 0.29) is 23.7 Å². The number of likely N-dealkylation sites (tertiary alicyclic amines) is 1. The Hall–Kier alpha value is -2.22. The molecule has 1 aromatic carbocycles. The van der Waals surface area contributed by atoms with Crippen molar-refractivity contribution in [3.63, 3.8) is 0 Å². The molecule has 6 nitrogen and oxygen atoms in total. The molecule has 1 atom stereocenters. The van der Waals surface area contributed by atoms with Gasteiger partial charge in [-0.2, -0.15) is 0 Å². The minimum absolute atomic E-state index is 0.00328. The first kappa shape index (κ1) is 16.6. The molecule has 24 heavy (non-hydrogen) atoms. The molecule has 1 fully saturated rings. The van der Waals surface area contributed by atoms with Crippen molar-refractivity contribution in [3.8, 4) is 11.5 Å². The van der Waals surface area contributed by atoms with E-state index in [4.69, 9.17) is 4.42 Å². The summed E-state index contributed by atoms with van der Waals surface area (Å²) >= 11 is 3.16. The molecule has 0 spiro atoms. The molecule has 1 N–H and O–H groups in total. The molecule has 8 heteroatoms. The highest BCUT2D eigenvalue weighted by Crippen LogP contribution is 2.31. The van der Waals surface area contributed by atoms with Gasteiger partial charge in [0.15, 0.2) is 5.69 Å². The largest absolute Gasteiger partial charge is 0.481 e. The molecule has 0 saturated carbocycles. The standard InChI is InChI=1S/C16H14BrFN2O4/c1-16(15(22)23)4-5-20(8-16)14(21)12-7-24-13(19-12)10-3-2-9(17)6-11(10)18/h2-3,6-7H,4-5,8H2,1H3,(H,22,23). The van der Waals surface area contributed by atoms with Crippen LogP contribution in [-0.4, -0.2) is 40.0 Å². The van der Waals surface area contributed by atoms with Gasteiger partial charge in [0.1, 0.15) is 12.1 Å². The highest BCUT2D eigenvalue weighted by molar-refractivity contribution is 9.10. The Bertz CT molecular complexity index is 822. The third-order valence-corrected chi connectivity index (χ3v) is 4.65. The van der Waals surface area contributed by atoms with E-state index in [0.717, 1.165) is 6.26 Å². The number of oxazole rings is 1. The van der Waals surface area contributed by atoms with Crippen molar-refractivity contribution in [2.45, 2.75) is 13.3 Å². The first-order valence-corrected chi connectivity index (χ1v) is 8.03. The number of amides is 1. The van der Waals surface area contributed by atoms with E-state index in [9.17, 15) is 19.1 Å². The molecule has 1 unspecified atom stereocenters. The van der Waals surface area contributed by atoms with Crippen molar-refractivity contribution in [2.75, 3.05) is 13.1 Å². The molecule has 0 radical (unpaired) electrons. The van der Waals surface area contributed by atoms with E-state index in [1.165, 1.54) is 17.0 Å². The SMILES string of the molecule is CC1(C(=O)O)CCN(C(=O)c2coc(-c3ccc(Br)cc3F)n2)C1. The van der Waals surface area contributed by atoms with Crippen LogP contribution in [0, 0.1) is 11.2 Å². The number of carboxylic acids is 1. The Kier molecular flexibility index (Phi) is 4.16. The molecular weight excluding hydrogens is 383 g/mol. The number of hydrogen-bond acceptors (Lipinski definition) is 4. The minimum atomic E-state index is -0.958. The molecule has 2 aromatic rings. The number of hydrogen-bond donors (Lipinski definition) is 1. The van der Waals surface area contributed by atoms with Gasteiger partial charge in [-0.15, -0.1) is 0 Å². The molecule has 0 bridgehead atoms. The van der Waals surface area contributed by atoms with Crippen molar-refractivity contribution in [3.05, 3.63) is 40.4 Å². The molecule has 1 aromatic heterocycles. The van der Waals surface area contributed by atoms with Crippen molar-refractivity contribution >= 4 is 27.8 Å². The van der Waals surface area contributed by atoms with Crippen LogP contribution in [0.25, 0.3) is 11.5 Å². The summed E-state index contributed by atoms with van der Waals surface area (Å²) in [5.74, 6) is -1.88. The monoisotopic (exact) mass is 396 g/mol. The van der Waals surface area contributed by atoms with E-state index < -0.39 is 23.1 Å². The maximum atomic E-state index is 13.9. The summed E-state index contributed by atoms with van der Waals surface area (Å²) in [7, 11) is 0. The van der Waals surface area contributed by atoms with Gasteiger partial charge in [0.05, 0.1) is 11.0 Å². The number of aromatic nitrogens is 1. The summed E-state index contributed by atoms with van der Waals surface area (Å²) in [6.07, 6.45) is 1.54. The first-order valence-electron chi connectivity index (χ1n) is 7.24. The first-order chi connectivity index (χ1) is 11.3. The van der Waals surface area contributed by atoms with Crippen LogP contribution < -0.4 is 0 Å². The fraction of sp³-hybridized carbons (Fsp3) is 0.312. The zero-order valence-electron chi connectivity index (χ0n) is 12.8. The highest BCUT2D eigenvalue weighted by Gasteiger charge is 2.42. The average molecular weight is 397 g/mol. The van der Waals surface area contributed by atoms with Gasteiger partial charge in [-0.3, -0.25) is 9.59 Å². The van der Waals surface area contributed by atoms with Crippen LogP contribution in [0.2, 0.25) is 0 Å². The molecule has 1 amide bonds. The quantitative estimate of drug-likeness (QED) is 0.860. The lowest BCUT2D eigenvalue weighted by Crippen LogP contribution is -2.35. The number of carbonyl (C=O) groups is 2. The molecule has 1 aliphatic rings. The number of halogens is 2. The van der Waals surface area contributed by atoms with Gasteiger partial charge in [-0.1, -0.05) is 15.9 Å². The van der Waals surface area contributed by atoms with Crippen molar-refractivity contribution in [1.82, 2.24) is 9.88 Å². The summed E-state index contributed by atoms with van der Waals surface area (Å²) in [5.41, 5.74) is -0.781. The van der Waals surface area contributed by atoms with Gasteiger partial charge in [0.2, 0.25) is 5.89 Å². The lowest BCUT2D eigenvalue weighted by atomic mass is 9.90. The third-order valence-electron chi connectivity index (χ3n) is 4.16.